The molecule has 0 fully saturated rings. The number of nitrogens with zero attached hydrogens (tertiary/aromatic N) is 3. The third-order valence-corrected chi connectivity index (χ3v) is 5.81. The minimum atomic E-state index is -0.885. The predicted octanol–water partition coefficient (Wildman–Crippen LogP) is 3.53. The lowest BCUT2D eigenvalue weighted by Gasteiger charge is -2.23. The number of hydrogen-bond donors (Lipinski definition) is 1. The molecule has 0 saturated heterocycles. The first-order valence-corrected chi connectivity index (χ1v) is 11.9. The fourth-order valence-electron chi connectivity index (χ4n) is 3.17. The van der Waals surface area contributed by atoms with E-state index in [0.717, 1.165) is 4.88 Å². The van der Waals surface area contributed by atoms with Gasteiger partial charge in [-0.3, -0.25) is 9.59 Å². The van der Waals surface area contributed by atoms with E-state index in [1.807, 2.05) is 24.4 Å². The number of carbonyl (C=O) groups excluding carboxylic acids is 3. The van der Waals surface area contributed by atoms with Crippen molar-refractivity contribution in [3.05, 3.63) is 59.3 Å². The highest BCUT2D eigenvalue weighted by Gasteiger charge is 2.27. The number of benzene rings is 1. The van der Waals surface area contributed by atoms with Crippen molar-refractivity contribution in [1.29, 1.82) is 0 Å². The van der Waals surface area contributed by atoms with Crippen LogP contribution in [0.15, 0.2) is 52.3 Å². The van der Waals surface area contributed by atoms with Gasteiger partial charge in [-0.15, -0.1) is 21.5 Å². The summed E-state index contributed by atoms with van der Waals surface area (Å²) in [4.78, 5) is 40.3. The summed E-state index contributed by atoms with van der Waals surface area (Å²) in [6.07, 6.45) is 0.702. The number of nitrogens with one attached hydrogen (secondary N) is 1. The Bertz CT molecular complexity index is 1080. The van der Waals surface area contributed by atoms with E-state index >= 15 is 0 Å². The smallest absolute Gasteiger partial charge is 0.329 e. The molecule has 2 heterocycles. The van der Waals surface area contributed by atoms with Gasteiger partial charge in [0, 0.05) is 12.1 Å². The van der Waals surface area contributed by atoms with Gasteiger partial charge in [0.2, 0.25) is 5.89 Å². The van der Waals surface area contributed by atoms with Crippen LogP contribution in [-0.4, -0.2) is 52.1 Å². The second kappa shape index (κ2) is 12.1. The SMILES string of the molecule is CCCN(Cc1nnc(-c2cccs2)o1)C(=O)COC(=O)[C@@H](NC(=O)c1ccccc1)C(C)C. The molecule has 2 aromatic heterocycles. The van der Waals surface area contributed by atoms with Crippen molar-refractivity contribution < 1.29 is 23.5 Å². The van der Waals surface area contributed by atoms with Crippen molar-refractivity contribution >= 4 is 29.1 Å². The van der Waals surface area contributed by atoms with Crippen LogP contribution in [-0.2, 0) is 20.9 Å². The van der Waals surface area contributed by atoms with Crippen molar-refractivity contribution in [3.8, 4) is 10.8 Å². The van der Waals surface area contributed by atoms with Crippen LogP contribution in [0.1, 0.15) is 43.4 Å². The normalized spacial score (nSPS) is 11.8. The van der Waals surface area contributed by atoms with Crippen LogP contribution in [0.3, 0.4) is 0 Å². The van der Waals surface area contributed by atoms with Crippen molar-refractivity contribution in [1.82, 2.24) is 20.4 Å². The maximum absolute atomic E-state index is 12.8. The molecule has 1 aromatic carbocycles. The monoisotopic (exact) mass is 484 g/mol. The highest BCUT2D eigenvalue weighted by molar-refractivity contribution is 7.13. The predicted molar refractivity (Wildman–Crippen MR) is 127 cm³/mol. The number of esters is 1. The third-order valence-electron chi connectivity index (χ3n) is 4.95. The summed E-state index contributed by atoms with van der Waals surface area (Å²) in [7, 11) is 0. The van der Waals surface area contributed by atoms with Gasteiger partial charge < -0.3 is 19.4 Å². The summed E-state index contributed by atoms with van der Waals surface area (Å²) in [5.74, 6) is -0.963. The zero-order valence-corrected chi connectivity index (χ0v) is 20.2. The van der Waals surface area contributed by atoms with Gasteiger partial charge >= 0.3 is 5.97 Å². The van der Waals surface area contributed by atoms with Crippen LogP contribution < -0.4 is 5.32 Å². The average Bonchev–Trinajstić information content (AvgIpc) is 3.53. The summed E-state index contributed by atoms with van der Waals surface area (Å²) >= 11 is 1.48. The standard InChI is InChI=1S/C24H28N4O5S/c1-4-12-28(14-19-26-27-23(33-19)18-11-8-13-34-18)20(29)15-32-24(31)21(16(2)3)25-22(30)17-9-6-5-7-10-17/h5-11,13,16,21H,4,12,14-15H2,1-3H3,(H,25,30)/t21-/m0/s1. The maximum Gasteiger partial charge on any atom is 0.329 e. The Balaban J connectivity index is 1.58. The van der Waals surface area contributed by atoms with Gasteiger partial charge in [-0.2, -0.15) is 0 Å². The minimum absolute atomic E-state index is 0.112. The second-order valence-electron chi connectivity index (χ2n) is 7.96. The van der Waals surface area contributed by atoms with Gasteiger partial charge in [-0.1, -0.05) is 45.0 Å². The number of thiophene rings is 1. The molecule has 0 aliphatic carbocycles. The molecule has 0 aliphatic heterocycles. The van der Waals surface area contributed by atoms with E-state index in [2.05, 4.69) is 15.5 Å². The molecule has 10 heteroatoms. The Hall–Kier alpha value is -3.53. The zero-order valence-electron chi connectivity index (χ0n) is 19.4. The molecule has 1 atom stereocenters. The second-order valence-corrected chi connectivity index (χ2v) is 8.91. The Morgan fingerprint density at radius 2 is 1.88 bits per heavy atom. The molecular formula is C24H28N4O5S. The van der Waals surface area contributed by atoms with Crippen LogP contribution >= 0.6 is 11.3 Å². The van der Waals surface area contributed by atoms with Gasteiger partial charge in [0.15, 0.2) is 6.61 Å². The third kappa shape index (κ3) is 6.74. The Morgan fingerprint density at radius 3 is 2.53 bits per heavy atom. The summed E-state index contributed by atoms with van der Waals surface area (Å²) in [6.45, 7) is 5.62. The van der Waals surface area contributed by atoms with Crippen LogP contribution in [0.25, 0.3) is 10.8 Å². The lowest BCUT2D eigenvalue weighted by molar-refractivity contribution is -0.154. The van der Waals surface area contributed by atoms with E-state index in [4.69, 9.17) is 9.15 Å². The fraction of sp³-hybridized carbons (Fsp3) is 0.375. The average molecular weight is 485 g/mol. The largest absolute Gasteiger partial charge is 0.454 e. The number of aromatic nitrogens is 2. The van der Waals surface area contributed by atoms with Gasteiger partial charge in [0.05, 0.1) is 11.4 Å². The Morgan fingerprint density at radius 1 is 1.12 bits per heavy atom. The zero-order chi connectivity index (χ0) is 24.5. The van der Waals surface area contributed by atoms with Crippen LogP contribution in [0.4, 0.5) is 0 Å². The molecule has 0 aliphatic rings. The van der Waals surface area contributed by atoms with Crippen molar-refractivity contribution in [2.24, 2.45) is 5.92 Å². The number of carbonyl (C=O) groups is 3. The molecule has 180 valence electrons. The first-order valence-electron chi connectivity index (χ1n) is 11.1. The molecule has 9 nitrogen and oxygen atoms in total. The molecule has 1 N–H and O–H groups in total. The minimum Gasteiger partial charge on any atom is -0.454 e. The Labute approximate surface area is 202 Å². The van der Waals surface area contributed by atoms with E-state index in [9.17, 15) is 14.4 Å². The molecule has 0 unspecified atom stereocenters. The quantitative estimate of drug-likeness (QED) is 0.414. The van der Waals surface area contributed by atoms with Gasteiger partial charge in [-0.25, -0.2) is 4.79 Å². The van der Waals surface area contributed by atoms with Gasteiger partial charge in [0.25, 0.3) is 17.7 Å². The summed E-state index contributed by atoms with van der Waals surface area (Å²) in [5, 5.41) is 12.7. The molecule has 34 heavy (non-hydrogen) atoms. The summed E-state index contributed by atoms with van der Waals surface area (Å²) in [5.41, 5.74) is 0.438. The topological polar surface area (TPSA) is 115 Å². The van der Waals surface area contributed by atoms with Crippen molar-refractivity contribution in [2.45, 2.75) is 39.8 Å². The highest BCUT2D eigenvalue weighted by atomic mass is 32.1. The van der Waals surface area contributed by atoms with Crippen LogP contribution in [0.5, 0.6) is 0 Å². The lowest BCUT2D eigenvalue weighted by Crippen LogP contribution is -2.46. The molecule has 0 radical (unpaired) electrons. The van der Waals surface area contributed by atoms with E-state index in [0.29, 0.717) is 30.3 Å². The van der Waals surface area contributed by atoms with E-state index in [1.54, 1.807) is 44.2 Å². The molecule has 3 aromatic rings. The molecule has 2 amide bonds. The van der Waals surface area contributed by atoms with Crippen LogP contribution in [0, 0.1) is 5.92 Å². The fourth-order valence-corrected chi connectivity index (χ4v) is 3.81. The summed E-state index contributed by atoms with van der Waals surface area (Å²) in [6, 6.07) is 11.5. The Kier molecular flexibility index (Phi) is 8.92. The van der Waals surface area contributed by atoms with Crippen molar-refractivity contribution in [2.75, 3.05) is 13.2 Å². The summed E-state index contributed by atoms with van der Waals surface area (Å²) < 4.78 is 11.0. The number of hydrogen-bond acceptors (Lipinski definition) is 8. The molecule has 0 saturated carbocycles. The lowest BCUT2D eigenvalue weighted by atomic mass is 10.0. The van der Waals surface area contributed by atoms with E-state index in [-0.39, 0.29) is 24.3 Å². The number of rotatable bonds is 11. The number of ether oxygens (including phenoxy) is 1. The molecule has 3 rings (SSSR count). The van der Waals surface area contributed by atoms with Crippen LogP contribution in [0.2, 0.25) is 0 Å². The highest BCUT2D eigenvalue weighted by Crippen LogP contribution is 2.23. The van der Waals surface area contributed by atoms with Gasteiger partial charge in [-0.05, 0) is 35.9 Å². The number of amides is 2. The van der Waals surface area contributed by atoms with E-state index in [1.165, 1.54) is 16.2 Å². The first kappa shape index (κ1) is 25.1. The van der Waals surface area contributed by atoms with Gasteiger partial charge in [0.1, 0.15) is 6.04 Å². The first-order chi connectivity index (χ1) is 16.4. The molecule has 0 spiro atoms. The van der Waals surface area contributed by atoms with Crippen molar-refractivity contribution in [3.63, 3.8) is 0 Å². The molecular weight excluding hydrogens is 456 g/mol. The maximum atomic E-state index is 12.8. The molecule has 0 bridgehead atoms. The van der Waals surface area contributed by atoms with E-state index < -0.39 is 18.6 Å².